The van der Waals surface area contributed by atoms with Crippen molar-refractivity contribution in [1.29, 1.82) is 0 Å². The lowest BCUT2D eigenvalue weighted by Crippen LogP contribution is -2.53. The molecule has 2 saturated heterocycles. The number of fused-ring (bicyclic) bond motifs is 1. The van der Waals surface area contributed by atoms with E-state index < -0.39 is 0 Å². The lowest BCUT2D eigenvalue weighted by molar-refractivity contribution is 0.102. The van der Waals surface area contributed by atoms with Crippen LogP contribution in [-0.4, -0.2) is 52.7 Å². The predicted molar refractivity (Wildman–Crippen MR) is 73.9 cm³/mol. The predicted octanol–water partition coefficient (Wildman–Crippen LogP) is 0.889. The Morgan fingerprint density at radius 1 is 1.26 bits per heavy atom. The number of rotatable bonds is 2. The monoisotopic (exact) mass is 262 g/mol. The average Bonchev–Trinajstić information content (AvgIpc) is 2.47. The van der Waals surface area contributed by atoms with Crippen molar-refractivity contribution in [2.75, 3.05) is 31.6 Å². The number of hydrogen-bond acceptors (Lipinski definition) is 5. The molecule has 0 spiro atoms. The summed E-state index contributed by atoms with van der Waals surface area (Å²) in [5, 5.41) is 9.02. The Hall–Kier alpha value is -1.20. The lowest BCUT2D eigenvalue weighted by Gasteiger charge is -2.45. The van der Waals surface area contributed by atoms with E-state index >= 15 is 0 Å². The van der Waals surface area contributed by atoms with E-state index in [1.165, 1.54) is 25.8 Å². The van der Waals surface area contributed by atoms with Gasteiger partial charge in [0.25, 0.3) is 0 Å². The molecule has 1 aromatic rings. The third kappa shape index (κ3) is 2.58. The van der Waals surface area contributed by atoms with E-state index in [4.69, 9.17) is 5.11 Å². The zero-order valence-corrected chi connectivity index (χ0v) is 11.5. The van der Waals surface area contributed by atoms with Gasteiger partial charge in [0.1, 0.15) is 0 Å². The van der Waals surface area contributed by atoms with E-state index in [0.29, 0.717) is 0 Å². The largest absolute Gasteiger partial charge is 0.392 e. The van der Waals surface area contributed by atoms with E-state index in [0.717, 1.165) is 36.6 Å². The normalized spacial score (nSPS) is 28.2. The summed E-state index contributed by atoms with van der Waals surface area (Å²) in [6, 6.07) is 0.738. The van der Waals surface area contributed by atoms with Crippen LogP contribution in [0.5, 0.6) is 0 Å². The highest BCUT2D eigenvalue weighted by Gasteiger charge is 2.34. The molecule has 2 unspecified atom stereocenters. The van der Waals surface area contributed by atoms with Gasteiger partial charge in [-0.3, -0.25) is 0 Å². The second-order valence-corrected chi connectivity index (χ2v) is 5.73. The molecule has 2 fully saturated rings. The van der Waals surface area contributed by atoms with Crippen molar-refractivity contribution in [3.63, 3.8) is 0 Å². The van der Waals surface area contributed by atoms with Crippen LogP contribution >= 0.6 is 0 Å². The van der Waals surface area contributed by atoms with Gasteiger partial charge in [0.05, 0.1) is 6.61 Å². The van der Waals surface area contributed by atoms with Crippen LogP contribution in [0.3, 0.4) is 0 Å². The highest BCUT2D eigenvalue weighted by Crippen LogP contribution is 2.30. The lowest BCUT2D eigenvalue weighted by atomic mass is 9.84. The summed E-state index contributed by atoms with van der Waals surface area (Å²) in [7, 11) is 2.25. The van der Waals surface area contributed by atoms with E-state index in [2.05, 4.69) is 26.8 Å². The third-order valence-corrected chi connectivity index (χ3v) is 4.50. The molecule has 0 bridgehead atoms. The van der Waals surface area contributed by atoms with Crippen molar-refractivity contribution in [3.8, 4) is 0 Å². The zero-order valence-electron chi connectivity index (χ0n) is 11.5. The molecule has 5 heteroatoms. The van der Waals surface area contributed by atoms with Gasteiger partial charge in [0.2, 0.25) is 5.95 Å². The summed E-state index contributed by atoms with van der Waals surface area (Å²) in [5.74, 6) is 1.55. The van der Waals surface area contributed by atoms with Crippen molar-refractivity contribution in [2.45, 2.75) is 31.9 Å². The Labute approximate surface area is 114 Å². The molecule has 0 radical (unpaired) electrons. The molecule has 0 aliphatic carbocycles. The van der Waals surface area contributed by atoms with Crippen LogP contribution in [0.4, 0.5) is 5.95 Å². The summed E-state index contributed by atoms with van der Waals surface area (Å²) < 4.78 is 0. The molecule has 0 aromatic carbocycles. The average molecular weight is 262 g/mol. The summed E-state index contributed by atoms with van der Waals surface area (Å²) in [6.45, 7) is 3.34. The van der Waals surface area contributed by atoms with Crippen LogP contribution in [0.2, 0.25) is 0 Å². The van der Waals surface area contributed by atoms with Gasteiger partial charge in [-0.15, -0.1) is 0 Å². The zero-order chi connectivity index (χ0) is 13.2. The molecule has 1 aromatic heterocycles. The molecule has 104 valence electrons. The van der Waals surface area contributed by atoms with Gasteiger partial charge >= 0.3 is 0 Å². The van der Waals surface area contributed by atoms with E-state index in [-0.39, 0.29) is 6.61 Å². The summed E-state index contributed by atoms with van der Waals surface area (Å²) in [4.78, 5) is 13.6. The minimum atomic E-state index is 0.00970. The quantitative estimate of drug-likeness (QED) is 0.858. The molecule has 0 saturated carbocycles. The van der Waals surface area contributed by atoms with Gasteiger partial charge in [0.15, 0.2) is 0 Å². The number of likely N-dealkylation sites (tertiary alicyclic amines) is 1. The Kier molecular flexibility index (Phi) is 3.66. The van der Waals surface area contributed by atoms with Gasteiger partial charge in [-0.25, -0.2) is 9.97 Å². The molecular weight excluding hydrogens is 240 g/mol. The molecule has 3 rings (SSSR count). The van der Waals surface area contributed by atoms with Gasteiger partial charge in [-0.2, -0.15) is 0 Å². The Morgan fingerprint density at radius 3 is 2.79 bits per heavy atom. The van der Waals surface area contributed by atoms with Gasteiger partial charge in [-0.05, 0) is 38.8 Å². The molecule has 2 atom stereocenters. The van der Waals surface area contributed by atoms with Crippen LogP contribution < -0.4 is 4.90 Å². The van der Waals surface area contributed by atoms with Crippen LogP contribution in [0.25, 0.3) is 0 Å². The standard InChI is InChI=1S/C14H22N4O/c1-17-5-2-3-12-9-18(6-4-13(12)17)14-15-7-11(10-19)8-16-14/h7-8,12-13,19H,2-6,9-10H2,1H3. The number of piperidine rings is 2. The third-order valence-electron chi connectivity index (χ3n) is 4.50. The number of aliphatic hydroxyl groups excluding tert-OH is 1. The minimum absolute atomic E-state index is 0.00970. The second kappa shape index (κ2) is 5.43. The smallest absolute Gasteiger partial charge is 0.225 e. The first kappa shape index (κ1) is 12.8. The molecule has 5 nitrogen and oxygen atoms in total. The fourth-order valence-corrected chi connectivity index (χ4v) is 3.43. The first-order valence-corrected chi connectivity index (χ1v) is 7.15. The van der Waals surface area contributed by atoms with Crippen LogP contribution in [0.1, 0.15) is 24.8 Å². The summed E-state index contributed by atoms with van der Waals surface area (Å²) in [6.07, 6.45) is 7.27. The molecule has 1 N–H and O–H groups in total. The first-order valence-electron chi connectivity index (χ1n) is 7.15. The summed E-state index contributed by atoms with van der Waals surface area (Å²) >= 11 is 0. The number of hydrogen-bond donors (Lipinski definition) is 1. The van der Waals surface area contributed by atoms with E-state index in [1.54, 1.807) is 12.4 Å². The molecule has 0 amide bonds. The molecule has 3 heterocycles. The Bertz CT molecular complexity index is 422. The fraction of sp³-hybridized carbons (Fsp3) is 0.714. The number of aromatic nitrogens is 2. The van der Waals surface area contributed by atoms with Crippen LogP contribution in [0, 0.1) is 5.92 Å². The van der Waals surface area contributed by atoms with Crippen molar-refractivity contribution in [3.05, 3.63) is 18.0 Å². The molecule has 2 aliphatic heterocycles. The first-order chi connectivity index (χ1) is 9.28. The van der Waals surface area contributed by atoms with Crippen molar-refractivity contribution < 1.29 is 5.11 Å². The topological polar surface area (TPSA) is 52.5 Å². The second-order valence-electron chi connectivity index (χ2n) is 5.73. The van der Waals surface area contributed by atoms with Crippen LogP contribution in [-0.2, 0) is 6.61 Å². The number of nitrogens with zero attached hydrogens (tertiary/aromatic N) is 4. The number of aliphatic hydroxyl groups is 1. The highest BCUT2D eigenvalue weighted by atomic mass is 16.3. The maximum Gasteiger partial charge on any atom is 0.225 e. The van der Waals surface area contributed by atoms with Crippen molar-refractivity contribution in [1.82, 2.24) is 14.9 Å². The fourth-order valence-electron chi connectivity index (χ4n) is 3.43. The Morgan fingerprint density at radius 2 is 2.05 bits per heavy atom. The van der Waals surface area contributed by atoms with Crippen molar-refractivity contribution in [2.24, 2.45) is 5.92 Å². The highest BCUT2D eigenvalue weighted by molar-refractivity contribution is 5.31. The van der Waals surface area contributed by atoms with Gasteiger partial charge in [-0.1, -0.05) is 0 Å². The SMILES string of the molecule is CN1CCCC2CN(c3ncc(CO)cn3)CCC21. The molecule has 2 aliphatic rings. The Balaban J connectivity index is 1.69. The van der Waals surface area contributed by atoms with Gasteiger partial charge < -0.3 is 14.9 Å². The van der Waals surface area contributed by atoms with Crippen LogP contribution in [0.15, 0.2) is 12.4 Å². The van der Waals surface area contributed by atoms with Crippen molar-refractivity contribution >= 4 is 5.95 Å². The number of anilines is 1. The van der Waals surface area contributed by atoms with Gasteiger partial charge in [0, 0.05) is 37.1 Å². The minimum Gasteiger partial charge on any atom is -0.392 e. The molecular formula is C14H22N4O. The molecule has 19 heavy (non-hydrogen) atoms. The summed E-state index contributed by atoms with van der Waals surface area (Å²) in [5.41, 5.74) is 0.774. The maximum atomic E-state index is 9.02. The van der Waals surface area contributed by atoms with E-state index in [1.807, 2.05) is 0 Å². The maximum absolute atomic E-state index is 9.02. The van der Waals surface area contributed by atoms with E-state index in [9.17, 15) is 0 Å².